The molecule has 1 rings (SSSR count). The van der Waals surface area contributed by atoms with E-state index in [0.29, 0.717) is 6.54 Å². The smallest absolute Gasteiger partial charge is 0.304 e. The van der Waals surface area contributed by atoms with E-state index in [9.17, 15) is 4.79 Å². The highest BCUT2D eigenvalue weighted by atomic mass is 16.5. The molecule has 106 valence electrons. The molecule has 0 atom stereocenters. The van der Waals surface area contributed by atoms with Crippen molar-refractivity contribution in [3.63, 3.8) is 0 Å². The molecule has 0 aliphatic carbocycles. The summed E-state index contributed by atoms with van der Waals surface area (Å²) < 4.78 is 5.59. The van der Waals surface area contributed by atoms with Crippen molar-refractivity contribution in [1.82, 2.24) is 4.90 Å². The highest BCUT2D eigenvalue weighted by Gasteiger charge is 2.03. The summed E-state index contributed by atoms with van der Waals surface area (Å²) >= 11 is 0. The number of hydrogen-bond acceptors (Lipinski definition) is 3. The molecule has 0 aliphatic rings. The molecule has 0 aliphatic heterocycles. The second-order valence-corrected chi connectivity index (χ2v) is 4.73. The van der Waals surface area contributed by atoms with E-state index in [2.05, 4.69) is 6.92 Å². The van der Waals surface area contributed by atoms with Crippen LogP contribution >= 0.6 is 0 Å². The van der Waals surface area contributed by atoms with Gasteiger partial charge in [-0.15, -0.1) is 0 Å². The van der Waals surface area contributed by atoms with Crippen molar-refractivity contribution < 1.29 is 14.6 Å². The maximum Gasteiger partial charge on any atom is 0.304 e. The normalized spacial score (nSPS) is 10.7. The van der Waals surface area contributed by atoms with Crippen molar-refractivity contribution in [3.8, 4) is 5.75 Å². The van der Waals surface area contributed by atoms with Gasteiger partial charge >= 0.3 is 5.97 Å². The Morgan fingerprint density at radius 2 is 2.00 bits per heavy atom. The fraction of sp³-hybridized carbons (Fsp3) is 0.533. The highest BCUT2D eigenvalue weighted by molar-refractivity contribution is 5.66. The number of aliphatic carboxylic acids is 1. The molecule has 0 spiro atoms. The molecule has 1 aromatic rings. The van der Waals surface area contributed by atoms with Gasteiger partial charge in [0.15, 0.2) is 0 Å². The standard InChI is InChI=1S/C15H23NO3/c1-3-4-11-19-14-7-5-13(6-8-14)12-16(2)10-9-15(17)18/h5-8H,3-4,9-12H2,1-2H3,(H,17,18). The monoisotopic (exact) mass is 265 g/mol. The Bertz CT molecular complexity index is 375. The third kappa shape index (κ3) is 6.82. The first-order chi connectivity index (χ1) is 9.11. The van der Waals surface area contributed by atoms with E-state index >= 15 is 0 Å². The van der Waals surface area contributed by atoms with Crippen LogP contribution < -0.4 is 4.74 Å². The number of benzene rings is 1. The minimum Gasteiger partial charge on any atom is -0.494 e. The van der Waals surface area contributed by atoms with Crippen molar-refractivity contribution in [2.75, 3.05) is 20.2 Å². The number of carboxylic acid groups (broad SMARTS) is 1. The van der Waals surface area contributed by atoms with Crippen LogP contribution in [0.25, 0.3) is 0 Å². The number of ether oxygens (including phenoxy) is 1. The van der Waals surface area contributed by atoms with Crippen LogP contribution in [0.4, 0.5) is 0 Å². The molecule has 0 amide bonds. The molecule has 19 heavy (non-hydrogen) atoms. The third-order valence-electron chi connectivity index (χ3n) is 2.85. The maximum atomic E-state index is 10.5. The Kier molecular flexibility index (Phi) is 6.97. The molecule has 0 unspecified atom stereocenters. The molecule has 0 heterocycles. The largest absolute Gasteiger partial charge is 0.494 e. The van der Waals surface area contributed by atoms with Crippen LogP contribution in [0.1, 0.15) is 31.7 Å². The molecule has 4 heteroatoms. The predicted molar refractivity (Wildman–Crippen MR) is 75.4 cm³/mol. The second kappa shape index (κ2) is 8.53. The van der Waals surface area contributed by atoms with Gasteiger partial charge in [0.2, 0.25) is 0 Å². The van der Waals surface area contributed by atoms with E-state index in [-0.39, 0.29) is 6.42 Å². The summed E-state index contributed by atoms with van der Waals surface area (Å²) in [5.74, 6) is 0.136. The first-order valence-corrected chi connectivity index (χ1v) is 6.74. The van der Waals surface area contributed by atoms with E-state index in [4.69, 9.17) is 9.84 Å². The Hall–Kier alpha value is -1.55. The number of carboxylic acids is 1. The lowest BCUT2D eigenvalue weighted by molar-refractivity contribution is -0.137. The van der Waals surface area contributed by atoms with Crippen LogP contribution in [0, 0.1) is 0 Å². The van der Waals surface area contributed by atoms with Gasteiger partial charge in [-0.2, -0.15) is 0 Å². The molecule has 0 saturated heterocycles. The van der Waals surface area contributed by atoms with Gasteiger partial charge in [-0.05, 0) is 31.2 Å². The molecule has 0 bridgehead atoms. The lowest BCUT2D eigenvalue weighted by atomic mass is 10.2. The van der Waals surface area contributed by atoms with Gasteiger partial charge in [0.1, 0.15) is 5.75 Å². The van der Waals surface area contributed by atoms with Crippen molar-refractivity contribution in [2.24, 2.45) is 0 Å². The number of rotatable bonds is 9. The summed E-state index contributed by atoms with van der Waals surface area (Å²) in [6.45, 7) is 4.21. The number of unbranched alkanes of at least 4 members (excludes halogenated alkanes) is 1. The summed E-state index contributed by atoms with van der Waals surface area (Å²) in [7, 11) is 1.93. The molecule has 1 N–H and O–H groups in total. The first kappa shape index (κ1) is 15.5. The second-order valence-electron chi connectivity index (χ2n) is 4.73. The number of carbonyl (C=O) groups is 1. The Morgan fingerprint density at radius 3 is 2.58 bits per heavy atom. The van der Waals surface area contributed by atoms with E-state index in [0.717, 1.165) is 37.3 Å². The number of hydrogen-bond donors (Lipinski definition) is 1. The van der Waals surface area contributed by atoms with Crippen molar-refractivity contribution >= 4 is 5.97 Å². The van der Waals surface area contributed by atoms with Crippen LogP contribution in [0.5, 0.6) is 5.75 Å². The van der Waals surface area contributed by atoms with Gasteiger partial charge in [-0.25, -0.2) is 0 Å². The van der Waals surface area contributed by atoms with Crippen LogP contribution in [-0.4, -0.2) is 36.2 Å². The van der Waals surface area contributed by atoms with E-state index in [1.165, 1.54) is 0 Å². The third-order valence-corrected chi connectivity index (χ3v) is 2.85. The average Bonchev–Trinajstić information content (AvgIpc) is 2.39. The summed E-state index contributed by atoms with van der Waals surface area (Å²) in [6.07, 6.45) is 2.38. The predicted octanol–water partition coefficient (Wildman–Crippen LogP) is 2.77. The van der Waals surface area contributed by atoms with Crippen LogP contribution in [0.15, 0.2) is 24.3 Å². The zero-order valence-corrected chi connectivity index (χ0v) is 11.8. The van der Waals surface area contributed by atoms with Crippen LogP contribution in [0.3, 0.4) is 0 Å². The summed E-state index contributed by atoms with van der Waals surface area (Å²) in [5, 5.41) is 8.62. The van der Waals surface area contributed by atoms with Gasteiger partial charge in [0.05, 0.1) is 13.0 Å². The van der Waals surface area contributed by atoms with Gasteiger partial charge in [-0.1, -0.05) is 25.5 Å². The van der Waals surface area contributed by atoms with Gasteiger partial charge in [0, 0.05) is 13.1 Å². The molecule has 4 nitrogen and oxygen atoms in total. The van der Waals surface area contributed by atoms with E-state index in [1.54, 1.807) is 0 Å². The van der Waals surface area contributed by atoms with E-state index in [1.807, 2.05) is 36.2 Å². The first-order valence-electron chi connectivity index (χ1n) is 6.74. The molecular weight excluding hydrogens is 242 g/mol. The highest BCUT2D eigenvalue weighted by Crippen LogP contribution is 2.13. The maximum absolute atomic E-state index is 10.5. The zero-order valence-electron chi connectivity index (χ0n) is 11.8. The van der Waals surface area contributed by atoms with Crippen molar-refractivity contribution in [3.05, 3.63) is 29.8 Å². The Balaban J connectivity index is 2.36. The Morgan fingerprint density at radius 1 is 1.32 bits per heavy atom. The van der Waals surface area contributed by atoms with Gasteiger partial charge < -0.3 is 14.7 Å². The number of nitrogens with zero attached hydrogens (tertiary/aromatic N) is 1. The van der Waals surface area contributed by atoms with Crippen LogP contribution in [-0.2, 0) is 11.3 Å². The van der Waals surface area contributed by atoms with Gasteiger partial charge in [0.25, 0.3) is 0 Å². The minimum absolute atomic E-state index is 0.175. The molecule has 1 aromatic carbocycles. The minimum atomic E-state index is -0.758. The topological polar surface area (TPSA) is 49.8 Å². The molecule has 0 aromatic heterocycles. The zero-order chi connectivity index (χ0) is 14.1. The fourth-order valence-electron chi connectivity index (χ4n) is 1.70. The van der Waals surface area contributed by atoms with Gasteiger partial charge in [-0.3, -0.25) is 4.79 Å². The quantitative estimate of drug-likeness (QED) is 0.697. The molecule has 0 fully saturated rings. The lowest BCUT2D eigenvalue weighted by Gasteiger charge is -2.15. The summed E-state index contributed by atoms with van der Waals surface area (Å²) in [6, 6.07) is 7.99. The molecule has 0 radical (unpaired) electrons. The SMILES string of the molecule is CCCCOc1ccc(CN(C)CCC(=O)O)cc1. The Labute approximate surface area is 115 Å². The molecule has 0 saturated carbocycles. The lowest BCUT2D eigenvalue weighted by Crippen LogP contribution is -2.21. The van der Waals surface area contributed by atoms with Crippen molar-refractivity contribution in [2.45, 2.75) is 32.7 Å². The summed E-state index contributed by atoms with van der Waals surface area (Å²) in [5.41, 5.74) is 1.16. The van der Waals surface area contributed by atoms with Crippen LogP contribution in [0.2, 0.25) is 0 Å². The van der Waals surface area contributed by atoms with Crippen molar-refractivity contribution in [1.29, 1.82) is 0 Å². The fourth-order valence-corrected chi connectivity index (χ4v) is 1.70. The summed E-state index contributed by atoms with van der Waals surface area (Å²) in [4.78, 5) is 12.5. The molecular formula is C15H23NO3. The average molecular weight is 265 g/mol. The van der Waals surface area contributed by atoms with E-state index < -0.39 is 5.97 Å².